The number of carbonyl (C=O) groups is 2. The predicted octanol–water partition coefficient (Wildman–Crippen LogP) is 8.06. The number of ether oxygens (including phenoxy) is 1. The number of H-pyrrole nitrogens is 1. The molecule has 53 heavy (non-hydrogen) atoms. The molecule has 4 N–H and O–H groups in total. The number of halogens is 1. The van der Waals surface area contributed by atoms with E-state index in [0.717, 1.165) is 25.0 Å². The number of carbonyl (C=O) groups excluding carboxylic acids is 2. The third kappa shape index (κ3) is 12.2. The van der Waals surface area contributed by atoms with Crippen molar-refractivity contribution in [3.8, 4) is 5.75 Å². The largest absolute Gasteiger partial charge is 0.482 e. The molecule has 3 aromatic rings. The van der Waals surface area contributed by atoms with Gasteiger partial charge in [0.2, 0.25) is 15.9 Å². The molecule has 0 saturated carbocycles. The van der Waals surface area contributed by atoms with Gasteiger partial charge in [0.25, 0.3) is 5.91 Å². The number of hydrogen-bond acceptors (Lipinski definition) is 7. The van der Waals surface area contributed by atoms with E-state index in [1.54, 1.807) is 42.6 Å². The summed E-state index contributed by atoms with van der Waals surface area (Å²) in [5, 5.41) is 18.5. The van der Waals surface area contributed by atoms with Gasteiger partial charge in [-0.15, -0.1) is 10.2 Å². The monoisotopic (exact) mass is 777 g/mol. The Morgan fingerprint density at radius 3 is 2.08 bits per heavy atom. The van der Waals surface area contributed by atoms with Crippen LogP contribution in [0.5, 0.6) is 5.75 Å². The van der Waals surface area contributed by atoms with Gasteiger partial charge in [0.05, 0.1) is 17.1 Å². The van der Waals surface area contributed by atoms with E-state index in [2.05, 4.69) is 58.3 Å². The van der Waals surface area contributed by atoms with Crippen molar-refractivity contribution < 1.29 is 22.7 Å². The maximum absolute atomic E-state index is 13.4. The number of sulfonamides is 1. The smallest absolute Gasteiger partial charge is 0.258 e. The normalized spacial score (nSPS) is 13.4. The second-order valence-corrected chi connectivity index (χ2v) is 18.9. The SMILES string of the molecule is CCCCCCCCCCCCS(=O)(=O)NC(C(=O)Nc1ccccc1OCC(=O)NC(C)(C)C(C)(C)c1nnc2c(Cl)c(C(C)(C)C)[nH]n12)C(C)C. The van der Waals surface area contributed by atoms with Crippen molar-refractivity contribution in [3.05, 3.63) is 40.8 Å². The van der Waals surface area contributed by atoms with Crippen LogP contribution in [0.25, 0.3) is 5.65 Å². The van der Waals surface area contributed by atoms with E-state index in [1.807, 2.05) is 27.7 Å². The minimum Gasteiger partial charge on any atom is -0.482 e. The van der Waals surface area contributed by atoms with Gasteiger partial charge in [-0.2, -0.15) is 0 Å². The Morgan fingerprint density at radius 2 is 1.49 bits per heavy atom. The summed E-state index contributed by atoms with van der Waals surface area (Å²) in [6.07, 6.45) is 11.0. The molecule has 0 saturated heterocycles. The molecule has 12 nitrogen and oxygen atoms in total. The molecule has 1 unspecified atom stereocenters. The summed E-state index contributed by atoms with van der Waals surface area (Å²) in [6, 6.07) is 5.77. The van der Waals surface area contributed by atoms with Crippen molar-refractivity contribution in [3.63, 3.8) is 0 Å². The molecule has 2 heterocycles. The van der Waals surface area contributed by atoms with E-state index in [9.17, 15) is 18.0 Å². The van der Waals surface area contributed by atoms with Crippen molar-refractivity contribution in [2.45, 2.75) is 156 Å². The number of nitrogens with zero attached hydrogens (tertiary/aromatic N) is 3. The quantitative estimate of drug-likeness (QED) is 0.0751. The van der Waals surface area contributed by atoms with Crippen LogP contribution in [0.4, 0.5) is 5.69 Å². The van der Waals surface area contributed by atoms with Crippen LogP contribution >= 0.6 is 11.6 Å². The molecule has 0 aliphatic carbocycles. The number of para-hydroxylation sites is 2. The summed E-state index contributed by atoms with van der Waals surface area (Å²) in [5.74, 6) is -0.351. The first-order valence-corrected chi connectivity index (χ1v) is 21.2. The van der Waals surface area contributed by atoms with Crippen LogP contribution in [0.3, 0.4) is 0 Å². The third-order valence-electron chi connectivity index (χ3n) is 10.2. The summed E-state index contributed by atoms with van der Waals surface area (Å²) in [4.78, 5) is 26.8. The zero-order chi connectivity index (χ0) is 39.6. The van der Waals surface area contributed by atoms with Crippen LogP contribution in [-0.2, 0) is 30.4 Å². The lowest BCUT2D eigenvalue weighted by Crippen LogP contribution is -2.57. The molecule has 0 radical (unpaired) electrons. The van der Waals surface area contributed by atoms with E-state index >= 15 is 0 Å². The fraction of sp³-hybridized carbons (Fsp3) is 0.692. The number of rotatable bonds is 22. The molecule has 2 amide bonds. The lowest BCUT2D eigenvalue weighted by molar-refractivity contribution is -0.125. The highest BCUT2D eigenvalue weighted by molar-refractivity contribution is 7.89. The molecule has 0 aliphatic heterocycles. The van der Waals surface area contributed by atoms with Crippen LogP contribution in [-0.4, -0.2) is 64.0 Å². The first kappa shape index (κ1) is 44.2. The molecule has 14 heteroatoms. The molecule has 1 aromatic carbocycles. The number of aromatic amines is 1. The summed E-state index contributed by atoms with van der Waals surface area (Å²) < 4.78 is 36.3. The number of nitrogens with one attached hydrogen (secondary N) is 4. The van der Waals surface area contributed by atoms with Gasteiger partial charge in [0.15, 0.2) is 18.1 Å². The predicted molar refractivity (Wildman–Crippen MR) is 214 cm³/mol. The van der Waals surface area contributed by atoms with Crippen molar-refractivity contribution >= 4 is 44.8 Å². The summed E-state index contributed by atoms with van der Waals surface area (Å²) >= 11 is 6.66. The van der Waals surface area contributed by atoms with Gasteiger partial charge in [-0.25, -0.2) is 17.7 Å². The van der Waals surface area contributed by atoms with Crippen LogP contribution in [0.2, 0.25) is 5.02 Å². The highest BCUT2D eigenvalue weighted by atomic mass is 35.5. The maximum Gasteiger partial charge on any atom is 0.258 e. The minimum absolute atomic E-state index is 0.0272. The average Bonchev–Trinajstić information content (AvgIpc) is 3.64. The molecule has 0 spiro atoms. The Morgan fingerprint density at radius 1 is 0.906 bits per heavy atom. The maximum atomic E-state index is 13.4. The molecule has 0 bridgehead atoms. The summed E-state index contributed by atoms with van der Waals surface area (Å²) in [6.45, 7) is 19.4. The van der Waals surface area contributed by atoms with E-state index < -0.39 is 32.9 Å². The van der Waals surface area contributed by atoms with Gasteiger partial charge in [0.1, 0.15) is 16.8 Å². The lowest BCUT2D eigenvalue weighted by atomic mass is 9.73. The zero-order valence-electron chi connectivity index (χ0n) is 33.6. The summed E-state index contributed by atoms with van der Waals surface area (Å²) in [5.41, 5.74) is -0.0995. The van der Waals surface area contributed by atoms with Gasteiger partial charge < -0.3 is 15.4 Å². The Balaban J connectivity index is 1.58. The number of anilines is 1. The van der Waals surface area contributed by atoms with Crippen molar-refractivity contribution in [1.82, 2.24) is 29.9 Å². The molecule has 2 aromatic heterocycles. The van der Waals surface area contributed by atoms with Crippen LogP contribution < -0.4 is 20.1 Å². The number of amides is 2. The van der Waals surface area contributed by atoms with Crippen LogP contribution in [0.1, 0.15) is 145 Å². The highest BCUT2D eigenvalue weighted by Gasteiger charge is 2.44. The average molecular weight is 779 g/mol. The number of benzene rings is 1. The van der Waals surface area contributed by atoms with E-state index in [1.165, 1.54) is 38.5 Å². The fourth-order valence-corrected chi connectivity index (χ4v) is 8.02. The van der Waals surface area contributed by atoms with Gasteiger partial charge in [-0.1, -0.05) is 137 Å². The third-order valence-corrected chi connectivity index (χ3v) is 11.9. The second kappa shape index (κ2) is 18.9. The van der Waals surface area contributed by atoms with Crippen LogP contribution in [0.15, 0.2) is 24.3 Å². The molecule has 0 aliphatic rings. The lowest BCUT2D eigenvalue weighted by Gasteiger charge is -2.40. The molecule has 3 rings (SSSR count). The molecular weight excluding hydrogens is 714 g/mol. The Bertz CT molecular complexity index is 1760. The van der Waals surface area contributed by atoms with E-state index in [-0.39, 0.29) is 35.3 Å². The van der Waals surface area contributed by atoms with Crippen LogP contribution in [0, 0.1) is 5.92 Å². The second-order valence-electron chi connectivity index (χ2n) is 16.6. The molecule has 0 fully saturated rings. The Kier molecular flexibility index (Phi) is 15.8. The standard InChI is InChI=1S/C39H64ClN7O5S/c1-11-12-13-14-15-16-17-18-19-22-25-53(50,51)46-32(27(2)3)35(49)41-28-23-20-21-24-29(28)52-26-30(48)42-39(9,10)38(7,8)36-44-43-34-31(40)33(37(4,5)6)45-47(34)36/h20-21,23-24,27,32,45-46H,11-19,22,25-26H2,1-10H3,(H,41,49)(H,42,48). The van der Waals surface area contributed by atoms with Crippen molar-refractivity contribution in [2.75, 3.05) is 17.7 Å². The fourth-order valence-electron chi connectivity index (χ4n) is 6.10. The minimum atomic E-state index is -3.68. The van der Waals surface area contributed by atoms with Gasteiger partial charge in [-0.05, 0) is 38.3 Å². The molecule has 1 atom stereocenters. The topological polar surface area (TPSA) is 160 Å². The Hall–Kier alpha value is -3.16. The first-order valence-electron chi connectivity index (χ1n) is 19.2. The zero-order valence-corrected chi connectivity index (χ0v) is 35.2. The van der Waals surface area contributed by atoms with Crippen molar-refractivity contribution in [2.24, 2.45) is 5.92 Å². The van der Waals surface area contributed by atoms with E-state index in [4.69, 9.17) is 16.3 Å². The van der Waals surface area contributed by atoms with Gasteiger partial charge >= 0.3 is 0 Å². The first-order chi connectivity index (χ1) is 24.7. The Labute approximate surface area is 322 Å². The molecule has 298 valence electrons. The highest BCUT2D eigenvalue weighted by Crippen LogP contribution is 2.37. The number of aromatic nitrogens is 4. The van der Waals surface area contributed by atoms with E-state index in [0.29, 0.717) is 28.6 Å². The van der Waals surface area contributed by atoms with Gasteiger partial charge in [-0.3, -0.25) is 14.7 Å². The summed E-state index contributed by atoms with van der Waals surface area (Å²) in [7, 11) is -3.68. The van der Waals surface area contributed by atoms with Gasteiger partial charge in [0, 0.05) is 16.4 Å². The number of fused-ring (bicyclic) bond motifs is 1. The number of unbranched alkanes of at least 4 members (excludes halogenated alkanes) is 9. The van der Waals surface area contributed by atoms with Crippen molar-refractivity contribution in [1.29, 1.82) is 0 Å². The number of hydrogen-bond donors (Lipinski definition) is 4. The molecular formula is C39H64ClN7O5S.